The smallest absolute Gasteiger partial charge is 0.249 e. The van der Waals surface area contributed by atoms with Crippen molar-refractivity contribution in [3.63, 3.8) is 0 Å². The lowest BCUT2D eigenvalue weighted by molar-refractivity contribution is 0.980. The summed E-state index contributed by atoms with van der Waals surface area (Å²) in [4.78, 5) is 15.3. The van der Waals surface area contributed by atoms with Crippen LogP contribution < -0.4 is 5.56 Å². The fourth-order valence-electron chi connectivity index (χ4n) is 4.25. The molecule has 0 fully saturated rings. The summed E-state index contributed by atoms with van der Waals surface area (Å²) in [6.45, 7) is 0. The van der Waals surface area contributed by atoms with Gasteiger partial charge in [0.05, 0.1) is 0 Å². The fourth-order valence-corrected chi connectivity index (χ4v) is 4.50. The molecule has 1 heterocycles. The molecule has 0 aliphatic heterocycles. The van der Waals surface area contributed by atoms with E-state index in [4.69, 9.17) is 23.2 Å². The van der Waals surface area contributed by atoms with Crippen molar-refractivity contribution >= 4 is 46.3 Å². The van der Waals surface area contributed by atoms with E-state index >= 15 is 0 Å². The Morgan fingerprint density at radius 3 is 1.85 bits per heavy atom. The molecular weight excluding hydrogens is 461 g/mol. The van der Waals surface area contributed by atoms with Crippen LogP contribution >= 0.6 is 23.2 Å². The van der Waals surface area contributed by atoms with Gasteiger partial charge in [-0.3, -0.25) is 4.79 Å². The molecule has 0 saturated heterocycles. The largest absolute Gasteiger partial charge is 0.322 e. The van der Waals surface area contributed by atoms with Crippen LogP contribution in [0.4, 0.5) is 0 Å². The molecule has 1 N–H and O–H groups in total. The number of benzene rings is 4. The van der Waals surface area contributed by atoms with Gasteiger partial charge in [-0.2, -0.15) is 0 Å². The standard InChI is InChI=1S/C30H21Cl2NO/c31-25-13-8-21(9-14-25)30(22-10-15-26(32)16-11-22)24-12-17-28-27(18-24)23(19-29(34)33-28)7-6-20-4-2-1-3-5-20/h1-19,30H,(H,33,34)/b7-6+. The third-order valence-electron chi connectivity index (χ3n) is 5.89. The molecule has 0 aliphatic carbocycles. The van der Waals surface area contributed by atoms with Crippen LogP contribution in [-0.4, -0.2) is 4.98 Å². The number of hydrogen-bond donors (Lipinski definition) is 1. The van der Waals surface area contributed by atoms with E-state index < -0.39 is 0 Å². The summed E-state index contributed by atoms with van der Waals surface area (Å²) in [5.41, 5.74) is 5.98. The molecule has 166 valence electrons. The molecule has 2 nitrogen and oxygen atoms in total. The molecule has 0 atom stereocenters. The minimum atomic E-state index is -0.125. The van der Waals surface area contributed by atoms with Crippen molar-refractivity contribution in [2.75, 3.05) is 0 Å². The van der Waals surface area contributed by atoms with Crippen LogP contribution in [0, 0.1) is 0 Å². The van der Waals surface area contributed by atoms with E-state index in [2.05, 4.69) is 41.4 Å². The Bertz CT molecular complexity index is 1470. The van der Waals surface area contributed by atoms with Crippen molar-refractivity contribution in [3.8, 4) is 0 Å². The normalized spacial score (nSPS) is 11.5. The Morgan fingerprint density at radius 2 is 1.24 bits per heavy atom. The first-order chi connectivity index (χ1) is 16.6. The van der Waals surface area contributed by atoms with Gasteiger partial charge in [-0.1, -0.05) is 96.0 Å². The maximum absolute atomic E-state index is 12.3. The summed E-state index contributed by atoms with van der Waals surface area (Å²) in [5, 5.41) is 2.38. The van der Waals surface area contributed by atoms with Gasteiger partial charge in [0.25, 0.3) is 0 Å². The number of rotatable bonds is 5. The van der Waals surface area contributed by atoms with Crippen LogP contribution in [-0.2, 0) is 0 Å². The highest BCUT2D eigenvalue weighted by Crippen LogP contribution is 2.35. The average Bonchev–Trinajstić information content (AvgIpc) is 2.86. The second-order valence-corrected chi connectivity index (χ2v) is 9.05. The molecule has 0 saturated carbocycles. The fraction of sp³-hybridized carbons (Fsp3) is 0.0333. The van der Waals surface area contributed by atoms with Gasteiger partial charge in [-0.25, -0.2) is 0 Å². The highest BCUT2D eigenvalue weighted by Gasteiger charge is 2.18. The molecular formula is C30H21Cl2NO. The molecule has 0 bridgehead atoms. The van der Waals surface area contributed by atoms with Crippen LogP contribution in [0.15, 0.2) is 108 Å². The highest BCUT2D eigenvalue weighted by atomic mass is 35.5. The number of nitrogens with one attached hydrogen (secondary N) is 1. The molecule has 4 aromatic carbocycles. The van der Waals surface area contributed by atoms with Gasteiger partial charge in [0, 0.05) is 32.9 Å². The third kappa shape index (κ3) is 4.84. The van der Waals surface area contributed by atoms with Gasteiger partial charge in [0.2, 0.25) is 5.56 Å². The zero-order chi connectivity index (χ0) is 23.5. The lowest BCUT2D eigenvalue weighted by Crippen LogP contribution is -2.07. The summed E-state index contributed by atoms with van der Waals surface area (Å²) < 4.78 is 0. The number of aromatic amines is 1. The van der Waals surface area contributed by atoms with Crippen molar-refractivity contribution in [1.82, 2.24) is 4.98 Å². The Labute approximate surface area is 208 Å². The van der Waals surface area contributed by atoms with E-state index in [1.54, 1.807) is 6.07 Å². The monoisotopic (exact) mass is 481 g/mol. The minimum absolute atomic E-state index is 0.0168. The summed E-state index contributed by atoms with van der Waals surface area (Å²) in [6, 6.07) is 33.7. The van der Waals surface area contributed by atoms with Crippen LogP contribution in [0.1, 0.15) is 33.7 Å². The minimum Gasteiger partial charge on any atom is -0.322 e. The van der Waals surface area contributed by atoms with Crippen molar-refractivity contribution < 1.29 is 0 Å². The predicted octanol–water partition coefficient (Wildman–Crippen LogP) is 8.19. The van der Waals surface area contributed by atoms with Gasteiger partial charge in [0.1, 0.15) is 0 Å². The van der Waals surface area contributed by atoms with Crippen molar-refractivity contribution in [2.24, 2.45) is 0 Å². The Balaban J connectivity index is 1.66. The summed E-state index contributed by atoms with van der Waals surface area (Å²) in [7, 11) is 0. The third-order valence-corrected chi connectivity index (χ3v) is 6.40. The van der Waals surface area contributed by atoms with E-state index in [1.165, 1.54) is 0 Å². The maximum Gasteiger partial charge on any atom is 0.249 e. The molecule has 5 aromatic rings. The molecule has 1 aromatic heterocycles. The first-order valence-electron chi connectivity index (χ1n) is 11.0. The second kappa shape index (κ2) is 9.72. The predicted molar refractivity (Wildman–Crippen MR) is 144 cm³/mol. The molecule has 0 radical (unpaired) electrons. The number of aromatic nitrogens is 1. The number of H-pyrrole nitrogens is 1. The van der Waals surface area contributed by atoms with Gasteiger partial charge < -0.3 is 4.98 Å². The van der Waals surface area contributed by atoms with E-state index in [0.29, 0.717) is 10.0 Å². The van der Waals surface area contributed by atoms with E-state index in [-0.39, 0.29) is 11.5 Å². The van der Waals surface area contributed by atoms with Crippen LogP contribution in [0.2, 0.25) is 10.0 Å². The summed E-state index contributed by atoms with van der Waals surface area (Å²) in [5.74, 6) is -0.0168. The molecule has 4 heteroatoms. The van der Waals surface area contributed by atoms with E-state index in [1.807, 2.05) is 72.8 Å². The molecule has 0 aliphatic rings. The zero-order valence-electron chi connectivity index (χ0n) is 18.2. The van der Waals surface area contributed by atoms with Gasteiger partial charge in [-0.05, 0) is 64.2 Å². The van der Waals surface area contributed by atoms with Gasteiger partial charge in [0.15, 0.2) is 0 Å². The van der Waals surface area contributed by atoms with Gasteiger partial charge >= 0.3 is 0 Å². The second-order valence-electron chi connectivity index (χ2n) is 8.17. The van der Waals surface area contributed by atoms with Crippen LogP contribution in [0.3, 0.4) is 0 Å². The van der Waals surface area contributed by atoms with Crippen LogP contribution in [0.25, 0.3) is 23.1 Å². The molecule has 34 heavy (non-hydrogen) atoms. The lowest BCUT2D eigenvalue weighted by atomic mass is 9.84. The summed E-state index contributed by atoms with van der Waals surface area (Å²) >= 11 is 12.3. The van der Waals surface area contributed by atoms with E-state index in [0.717, 1.165) is 38.7 Å². The van der Waals surface area contributed by atoms with Crippen LogP contribution in [0.5, 0.6) is 0 Å². The first kappa shape index (κ1) is 22.2. The zero-order valence-corrected chi connectivity index (χ0v) is 19.7. The topological polar surface area (TPSA) is 32.9 Å². The SMILES string of the molecule is O=c1cc(/C=C/c2ccccc2)c2cc(C(c3ccc(Cl)cc3)c3ccc(Cl)cc3)ccc2[nH]1. The van der Waals surface area contributed by atoms with Crippen molar-refractivity contribution in [2.45, 2.75) is 5.92 Å². The number of hydrogen-bond acceptors (Lipinski definition) is 1. The van der Waals surface area contributed by atoms with E-state index in [9.17, 15) is 4.79 Å². The average molecular weight is 482 g/mol. The Kier molecular flexibility index (Phi) is 6.35. The lowest BCUT2D eigenvalue weighted by Gasteiger charge is -2.20. The Morgan fingerprint density at radius 1 is 0.647 bits per heavy atom. The highest BCUT2D eigenvalue weighted by molar-refractivity contribution is 6.30. The number of fused-ring (bicyclic) bond motifs is 1. The first-order valence-corrected chi connectivity index (χ1v) is 11.7. The summed E-state index contributed by atoms with van der Waals surface area (Å²) in [6.07, 6.45) is 4.02. The Hall–Kier alpha value is -3.59. The molecule has 5 rings (SSSR count). The number of halogens is 2. The number of pyridine rings is 1. The quantitative estimate of drug-likeness (QED) is 0.252. The maximum atomic E-state index is 12.3. The van der Waals surface area contributed by atoms with Gasteiger partial charge in [-0.15, -0.1) is 0 Å². The van der Waals surface area contributed by atoms with Crippen molar-refractivity contribution in [3.05, 3.63) is 151 Å². The molecule has 0 amide bonds. The molecule has 0 unspecified atom stereocenters. The molecule has 0 spiro atoms. The van der Waals surface area contributed by atoms with Crippen molar-refractivity contribution in [1.29, 1.82) is 0 Å².